The summed E-state index contributed by atoms with van der Waals surface area (Å²) in [6.45, 7) is 5.65. The third-order valence-electron chi connectivity index (χ3n) is 4.29. The van der Waals surface area contributed by atoms with E-state index in [-0.39, 0.29) is 11.8 Å². The number of nitrogens with one attached hydrogen (secondary N) is 1. The molecular formula is C19H24N4O2. The number of amides is 2. The molecule has 2 heterocycles. The van der Waals surface area contributed by atoms with Gasteiger partial charge in [-0.2, -0.15) is 5.10 Å². The first-order valence-electron chi connectivity index (χ1n) is 8.74. The molecule has 1 aliphatic rings. The molecule has 1 N–H and O–H groups in total. The molecule has 0 spiro atoms. The van der Waals surface area contributed by atoms with Crippen LogP contribution in [0.1, 0.15) is 37.0 Å². The Morgan fingerprint density at radius 2 is 2.04 bits per heavy atom. The maximum Gasteiger partial charge on any atom is 0.254 e. The van der Waals surface area contributed by atoms with E-state index in [4.69, 9.17) is 0 Å². The molecule has 1 fully saturated rings. The summed E-state index contributed by atoms with van der Waals surface area (Å²) in [7, 11) is 0. The fraction of sp³-hybridized carbons (Fsp3) is 0.421. The molecule has 6 nitrogen and oxygen atoms in total. The van der Waals surface area contributed by atoms with Crippen molar-refractivity contribution in [3.05, 3.63) is 48.3 Å². The number of benzene rings is 1. The number of carbonyl (C=O) groups excluding carboxylic acids is 2. The van der Waals surface area contributed by atoms with Crippen LogP contribution in [0.4, 0.5) is 5.69 Å². The molecule has 3 rings (SSSR count). The van der Waals surface area contributed by atoms with Crippen LogP contribution in [0.15, 0.2) is 42.7 Å². The number of aromatic nitrogens is 2. The highest BCUT2D eigenvalue weighted by molar-refractivity contribution is 6.01. The van der Waals surface area contributed by atoms with Gasteiger partial charge >= 0.3 is 0 Å². The Labute approximate surface area is 147 Å². The zero-order valence-corrected chi connectivity index (χ0v) is 14.7. The molecule has 1 atom stereocenters. The predicted molar refractivity (Wildman–Crippen MR) is 96.2 cm³/mol. The molecular weight excluding hydrogens is 316 g/mol. The molecule has 2 amide bonds. The van der Waals surface area contributed by atoms with Crippen LogP contribution in [0.25, 0.3) is 0 Å². The third-order valence-corrected chi connectivity index (χ3v) is 4.29. The Morgan fingerprint density at radius 1 is 1.28 bits per heavy atom. The van der Waals surface area contributed by atoms with Gasteiger partial charge in [0.2, 0.25) is 5.91 Å². The van der Waals surface area contributed by atoms with Gasteiger partial charge in [0.05, 0.1) is 11.9 Å². The fourth-order valence-electron chi connectivity index (χ4n) is 3.16. The van der Waals surface area contributed by atoms with Crippen LogP contribution in [-0.4, -0.2) is 39.1 Å². The summed E-state index contributed by atoms with van der Waals surface area (Å²) in [6, 6.07) is 8.68. The van der Waals surface area contributed by atoms with Crippen LogP contribution in [0.2, 0.25) is 0 Å². The van der Waals surface area contributed by atoms with E-state index < -0.39 is 6.04 Å². The number of likely N-dealkylation sites (tertiary alicyclic amines) is 1. The van der Waals surface area contributed by atoms with Crippen molar-refractivity contribution in [3.63, 3.8) is 0 Å². The highest BCUT2D eigenvalue weighted by atomic mass is 16.2. The van der Waals surface area contributed by atoms with Gasteiger partial charge in [0.1, 0.15) is 6.04 Å². The van der Waals surface area contributed by atoms with Crippen molar-refractivity contribution in [3.8, 4) is 0 Å². The summed E-state index contributed by atoms with van der Waals surface area (Å²) in [5.74, 6) is 0.247. The molecule has 1 saturated heterocycles. The monoisotopic (exact) mass is 340 g/mol. The molecule has 25 heavy (non-hydrogen) atoms. The number of hydrogen-bond donors (Lipinski definition) is 1. The molecule has 0 saturated carbocycles. The summed E-state index contributed by atoms with van der Waals surface area (Å²) >= 11 is 0. The second-order valence-electron chi connectivity index (χ2n) is 6.86. The molecule has 1 aliphatic heterocycles. The van der Waals surface area contributed by atoms with Crippen LogP contribution in [0.3, 0.4) is 0 Å². The highest BCUT2D eigenvalue weighted by Crippen LogP contribution is 2.21. The molecule has 132 valence electrons. The van der Waals surface area contributed by atoms with Crippen molar-refractivity contribution < 1.29 is 9.59 Å². The Balaban J connectivity index is 1.66. The number of rotatable bonds is 5. The second kappa shape index (κ2) is 7.51. The zero-order valence-electron chi connectivity index (χ0n) is 14.7. The lowest BCUT2D eigenvalue weighted by atomic mass is 10.1. The smallest absolute Gasteiger partial charge is 0.254 e. The predicted octanol–water partition coefficient (Wildman–Crippen LogP) is 2.78. The Kier molecular flexibility index (Phi) is 5.16. The van der Waals surface area contributed by atoms with Gasteiger partial charge in [-0.05, 0) is 30.9 Å². The maximum absolute atomic E-state index is 12.7. The van der Waals surface area contributed by atoms with Crippen LogP contribution >= 0.6 is 0 Å². The zero-order chi connectivity index (χ0) is 17.8. The average molecular weight is 340 g/mol. The first-order valence-corrected chi connectivity index (χ1v) is 8.74. The van der Waals surface area contributed by atoms with E-state index in [9.17, 15) is 9.59 Å². The second-order valence-corrected chi connectivity index (χ2v) is 6.86. The van der Waals surface area contributed by atoms with Gasteiger partial charge in [0.25, 0.3) is 5.91 Å². The van der Waals surface area contributed by atoms with Crippen LogP contribution in [0, 0.1) is 5.92 Å². The number of hydrogen-bond acceptors (Lipinski definition) is 3. The van der Waals surface area contributed by atoms with Crippen molar-refractivity contribution in [2.24, 2.45) is 5.92 Å². The molecule has 1 unspecified atom stereocenters. The van der Waals surface area contributed by atoms with Gasteiger partial charge in [0, 0.05) is 24.8 Å². The summed E-state index contributed by atoms with van der Waals surface area (Å²) in [4.78, 5) is 27.0. The lowest BCUT2D eigenvalue weighted by Gasteiger charge is -2.23. The van der Waals surface area contributed by atoms with Gasteiger partial charge < -0.3 is 10.2 Å². The van der Waals surface area contributed by atoms with Crippen molar-refractivity contribution in [2.75, 3.05) is 11.9 Å². The average Bonchev–Trinajstić information content (AvgIpc) is 3.24. The number of anilines is 1. The van der Waals surface area contributed by atoms with Crippen LogP contribution in [0.5, 0.6) is 0 Å². The van der Waals surface area contributed by atoms with Crippen molar-refractivity contribution in [1.29, 1.82) is 0 Å². The van der Waals surface area contributed by atoms with Gasteiger partial charge in [-0.3, -0.25) is 14.3 Å². The van der Waals surface area contributed by atoms with E-state index in [0.717, 1.165) is 13.0 Å². The normalized spacial score (nSPS) is 17.1. The minimum atomic E-state index is -0.429. The fourth-order valence-corrected chi connectivity index (χ4v) is 3.16. The van der Waals surface area contributed by atoms with Crippen LogP contribution in [-0.2, 0) is 11.3 Å². The van der Waals surface area contributed by atoms with Gasteiger partial charge in [-0.15, -0.1) is 0 Å². The van der Waals surface area contributed by atoms with E-state index in [1.54, 1.807) is 23.2 Å². The van der Waals surface area contributed by atoms with Crippen molar-refractivity contribution in [1.82, 2.24) is 14.7 Å². The van der Waals surface area contributed by atoms with E-state index in [1.807, 2.05) is 29.1 Å². The maximum atomic E-state index is 12.7. The standard InChI is InChI=1S/C19H24N4O2/c1-14(2)12-22-13-16(11-20-22)21-18(24)17-9-6-10-23(17)19(25)15-7-4-3-5-8-15/h3-5,7-8,11,13-14,17H,6,9-10,12H2,1-2H3,(H,21,24). The number of nitrogens with zero attached hydrogens (tertiary/aromatic N) is 3. The Morgan fingerprint density at radius 3 is 2.76 bits per heavy atom. The first kappa shape index (κ1) is 17.2. The van der Waals surface area contributed by atoms with Gasteiger partial charge in [-0.1, -0.05) is 32.0 Å². The molecule has 0 bridgehead atoms. The molecule has 2 aromatic rings. The lowest BCUT2D eigenvalue weighted by molar-refractivity contribution is -0.119. The van der Waals surface area contributed by atoms with E-state index in [2.05, 4.69) is 24.3 Å². The number of carbonyl (C=O) groups is 2. The molecule has 0 aliphatic carbocycles. The largest absolute Gasteiger partial charge is 0.327 e. The topological polar surface area (TPSA) is 67.2 Å². The third kappa shape index (κ3) is 4.07. The minimum absolute atomic E-state index is 0.0891. The lowest BCUT2D eigenvalue weighted by Crippen LogP contribution is -2.43. The van der Waals surface area contributed by atoms with E-state index in [1.165, 1.54) is 0 Å². The SMILES string of the molecule is CC(C)Cn1cc(NC(=O)C2CCCN2C(=O)c2ccccc2)cn1. The molecule has 6 heteroatoms. The molecule has 1 aromatic heterocycles. The van der Waals surface area contributed by atoms with Gasteiger partial charge in [-0.25, -0.2) is 0 Å². The minimum Gasteiger partial charge on any atom is -0.327 e. The molecule has 1 aromatic carbocycles. The summed E-state index contributed by atoms with van der Waals surface area (Å²) in [5, 5.41) is 7.16. The van der Waals surface area contributed by atoms with Crippen molar-refractivity contribution >= 4 is 17.5 Å². The quantitative estimate of drug-likeness (QED) is 0.910. The highest BCUT2D eigenvalue weighted by Gasteiger charge is 2.34. The Hall–Kier alpha value is -2.63. The summed E-state index contributed by atoms with van der Waals surface area (Å²) in [6.07, 6.45) is 5.00. The Bertz CT molecular complexity index is 739. The van der Waals surface area contributed by atoms with E-state index >= 15 is 0 Å². The summed E-state index contributed by atoms with van der Waals surface area (Å²) < 4.78 is 1.82. The van der Waals surface area contributed by atoms with Crippen LogP contribution < -0.4 is 5.32 Å². The first-order chi connectivity index (χ1) is 12.0. The molecule has 0 radical (unpaired) electrons. The van der Waals surface area contributed by atoms with E-state index in [0.29, 0.717) is 30.1 Å². The van der Waals surface area contributed by atoms with Crippen molar-refractivity contribution in [2.45, 2.75) is 39.3 Å². The summed E-state index contributed by atoms with van der Waals surface area (Å²) in [5.41, 5.74) is 1.29. The van der Waals surface area contributed by atoms with Gasteiger partial charge in [0.15, 0.2) is 0 Å².